The van der Waals surface area contributed by atoms with Crippen LogP contribution in [0.1, 0.15) is 5.56 Å². The highest BCUT2D eigenvalue weighted by Gasteiger charge is 1.98. The van der Waals surface area contributed by atoms with Crippen LogP contribution in [-0.4, -0.2) is 15.9 Å². The molecule has 2 N–H and O–H groups in total. The number of amides is 1. The Morgan fingerprint density at radius 1 is 1.38 bits per heavy atom. The minimum atomic E-state index is -0.669. The molecule has 78 valence electrons. The van der Waals surface area contributed by atoms with Crippen molar-refractivity contribution in [2.45, 2.75) is 0 Å². The quantitative estimate of drug-likeness (QED) is 0.691. The SMILES string of the molecule is NC(=O)C#Cc1ccc2ncc(Cl)nc2c1. The van der Waals surface area contributed by atoms with Gasteiger partial charge in [-0.2, -0.15) is 0 Å². The molecule has 1 aromatic heterocycles. The van der Waals surface area contributed by atoms with Crippen LogP contribution in [0.4, 0.5) is 0 Å². The largest absolute Gasteiger partial charge is 0.359 e. The van der Waals surface area contributed by atoms with Gasteiger partial charge in [-0.25, -0.2) is 4.98 Å². The first-order valence-electron chi connectivity index (χ1n) is 4.39. The predicted octanol–water partition coefficient (Wildman–Crippen LogP) is 1.12. The Balaban J connectivity index is 2.52. The van der Waals surface area contributed by atoms with Crippen LogP contribution in [0.3, 0.4) is 0 Å². The zero-order chi connectivity index (χ0) is 11.5. The molecule has 0 saturated carbocycles. The summed E-state index contributed by atoms with van der Waals surface area (Å²) < 4.78 is 0. The maximum absolute atomic E-state index is 10.5. The van der Waals surface area contributed by atoms with Crippen molar-refractivity contribution >= 4 is 28.5 Å². The molecule has 0 unspecified atom stereocenters. The summed E-state index contributed by atoms with van der Waals surface area (Å²) in [6.07, 6.45) is 1.47. The molecule has 0 aliphatic carbocycles. The molecule has 0 bridgehead atoms. The number of primary amides is 1. The first-order valence-corrected chi connectivity index (χ1v) is 4.77. The summed E-state index contributed by atoms with van der Waals surface area (Å²) >= 11 is 5.71. The third-order valence-electron chi connectivity index (χ3n) is 1.84. The van der Waals surface area contributed by atoms with E-state index in [0.717, 1.165) is 0 Å². The van der Waals surface area contributed by atoms with Gasteiger partial charge >= 0.3 is 0 Å². The molecule has 16 heavy (non-hydrogen) atoms. The Labute approximate surface area is 96.5 Å². The van der Waals surface area contributed by atoms with E-state index in [1.54, 1.807) is 18.2 Å². The van der Waals surface area contributed by atoms with Crippen LogP contribution < -0.4 is 5.73 Å². The summed E-state index contributed by atoms with van der Waals surface area (Å²) in [4.78, 5) is 18.7. The third-order valence-corrected chi connectivity index (χ3v) is 2.02. The summed E-state index contributed by atoms with van der Waals surface area (Å²) in [6.45, 7) is 0. The van der Waals surface area contributed by atoms with Gasteiger partial charge in [-0.05, 0) is 24.1 Å². The Morgan fingerprint density at radius 2 is 2.19 bits per heavy atom. The number of hydrogen-bond donors (Lipinski definition) is 1. The smallest absolute Gasteiger partial charge is 0.293 e. The van der Waals surface area contributed by atoms with E-state index in [1.165, 1.54) is 6.20 Å². The Bertz CT molecular complexity index is 628. The lowest BCUT2D eigenvalue weighted by atomic mass is 10.2. The number of aromatic nitrogens is 2. The second-order valence-electron chi connectivity index (χ2n) is 3.01. The number of nitrogens with zero attached hydrogens (tertiary/aromatic N) is 2. The first kappa shape index (κ1) is 10.4. The van der Waals surface area contributed by atoms with Crippen molar-refractivity contribution in [1.29, 1.82) is 0 Å². The third kappa shape index (κ3) is 2.27. The lowest BCUT2D eigenvalue weighted by Crippen LogP contribution is -2.06. The molecule has 4 nitrogen and oxygen atoms in total. The van der Waals surface area contributed by atoms with Gasteiger partial charge in [-0.1, -0.05) is 17.5 Å². The Kier molecular flexibility index (Phi) is 2.71. The van der Waals surface area contributed by atoms with Crippen molar-refractivity contribution in [2.75, 3.05) is 0 Å². The van der Waals surface area contributed by atoms with Crippen LogP contribution in [0.2, 0.25) is 5.15 Å². The maximum atomic E-state index is 10.5. The normalized spacial score (nSPS) is 9.56. The Hall–Kier alpha value is -2.12. The minimum Gasteiger partial charge on any atom is -0.359 e. The van der Waals surface area contributed by atoms with Crippen molar-refractivity contribution < 1.29 is 4.79 Å². The number of benzene rings is 1. The summed E-state index contributed by atoms with van der Waals surface area (Å²) in [7, 11) is 0. The molecule has 2 rings (SSSR count). The highest BCUT2D eigenvalue weighted by Crippen LogP contribution is 2.13. The van der Waals surface area contributed by atoms with E-state index in [-0.39, 0.29) is 0 Å². The zero-order valence-corrected chi connectivity index (χ0v) is 8.82. The van der Waals surface area contributed by atoms with Crippen molar-refractivity contribution in [3.8, 4) is 11.8 Å². The lowest BCUT2D eigenvalue weighted by Gasteiger charge is -1.97. The second kappa shape index (κ2) is 4.17. The zero-order valence-electron chi connectivity index (χ0n) is 8.07. The van der Waals surface area contributed by atoms with Crippen LogP contribution in [-0.2, 0) is 4.79 Å². The molecule has 1 amide bonds. The van der Waals surface area contributed by atoms with Crippen molar-refractivity contribution in [2.24, 2.45) is 5.73 Å². The standard InChI is InChI=1S/C11H6ClN3O/c12-10-6-14-8-3-1-7(2-4-11(13)16)5-9(8)15-10/h1,3,5-6H,(H2,13,16). The van der Waals surface area contributed by atoms with Gasteiger partial charge in [-0.3, -0.25) is 9.78 Å². The van der Waals surface area contributed by atoms with Crippen molar-refractivity contribution in [3.05, 3.63) is 35.1 Å². The average molecular weight is 232 g/mol. The van der Waals surface area contributed by atoms with Crippen LogP contribution in [0.25, 0.3) is 11.0 Å². The summed E-state index contributed by atoms with van der Waals surface area (Å²) in [5.41, 5.74) is 6.90. The molecule has 0 saturated heterocycles. The number of carbonyl (C=O) groups is 1. The fourth-order valence-corrected chi connectivity index (χ4v) is 1.34. The summed E-state index contributed by atoms with van der Waals surface area (Å²) in [6, 6.07) is 5.19. The molecule has 0 atom stereocenters. The number of hydrogen-bond acceptors (Lipinski definition) is 3. The molecule has 1 aromatic carbocycles. The monoisotopic (exact) mass is 231 g/mol. The van der Waals surface area contributed by atoms with Crippen LogP contribution in [0.15, 0.2) is 24.4 Å². The molecule has 0 radical (unpaired) electrons. The number of halogens is 1. The molecular formula is C11H6ClN3O. The molecule has 0 aliphatic rings. The topological polar surface area (TPSA) is 68.9 Å². The molecule has 1 heterocycles. The number of nitrogens with two attached hydrogens (primary N) is 1. The fraction of sp³-hybridized carbons (Fsp3) is 0. The van der Waals surface area contributed by atoms with Gasteiger partial charge in [0.25, 0.3) is 5.91 Å². The van der Waals surface area contributed by atoms with Gasteiger partial charge in [0.05, 0.1) is 17.2 Å². The van der Waals surface area contributed by atoms with E-state index in [4.69, 9.17) is 17.3 Å². The highest BCUT2D eigenvalue weighted by molar-refractivity contribution is 6.29. The molecule has 0 aliphatic heterocycles. The summed E-state index contributed by atoms with van der Waals surface area (Å²) in [5.74, 6) is 4.20. The van der Waals surface area contributed by atoms with Crippen molar-refractivity contribution in [3.63, 3.8) is 0 Å². The predicted molar refractivity (Wildman–Crippen MR) is 60.6 cm³/mol. The lowest BCUT2D eigenvalue weighted by molar-refractivity contribution is -0.112. The molecule has 0 fully saturated rings. The van der Waals surface area contributed by atoms with Gasteiger partial charge < -0.3 is 5.73 Å². The number of carbonyl (C=O) groups excluding carboxylic acids is 1. The maximum Gasteiger partial charge on any atom is 0.293 e. The Morgan fingerprint density at radius 3 is 2.94 bits per heavy atom. The van der Waals surface area contributed by atoms with Crippen LogP contribution >= 0.6 is 11.6 Å². The van der Waals surface area contributed by atoms with Crippen molar-refractivity contribution in [1.82, 2.24) is 9.97 Å². The molecule has 5 heteroatoms. The minimum absolute atomic E-state index is 0.313. The summed E-state index contributed by atoms with van der Waals surface area (Å²) in [5, 5.41) is 0.313. The molecule has 0 spiro atoms. The van der Waals surface area contributed by atoms with E-state index >= 15 is 0 Å². The van der Waals surface area contributed by atoms with Gasteiger partial charge in [0, 0.05) is 5.56 Å². The van der Waals surface area contributed by atoms with E-state index in [0.29, 0.717) is 21.7 Å². The van der Waals surface area contributed by atoms with Gasteiger partial charge in [-0.15, -0.1) is 0 Å². The fourth-order valence-electron chi connectivity index (χ4n) is 1.20. The van der Waals surface area contributed by atoms with E-state index in [1.807, 2.05) is 0 Å². The van der Waals surface area contributed by atoms with E-state index < -0.39 is 5.91 Å². The van der Waals surface area contributed by atoms with Gasteiger partial charge in [0.15, 0.2) is 0 Å². The number of rotatable bonds is 0. The van der Waals surface area contributed by atoms with Crippen LogP contribution in [0, 0.1) is 11.8 Å². The molecule has 2 aromatic rings. The second-order valence-corrected chi connectivity index (χ2v) is 3.40. The van der Waals surface area contributed by atoms with Gasteiger partial charge in [0.2, 0.25) is 0 Å². The van der Waals surface area contributed by atoms with E-state index in [9.17, 15) is 4.79 Å². The average Bonchev–Trinajstić information content (AvgIpc) is 2.25. The van der Waals surface area contributed by atoms with Gasteiger partial charge in [0.1, 0.15) is 5.15 Å². The number of fused-ring (bicyclic) bond motifs is 1. The van der Waals surface area contributed by atoms with Crippen LogP contribution in [0.5, 0.6) is 0 Å². The van der Waals surface area contributed by atoms with E-state index in [2.05, 4.69) is 21.8 Å². The highest BCUT2D eigenvalue weighted by atomic mass is 35.5. The molecular weight excluding hydrogens is 226 g/mol. The first-order chi connectivity index (χ1) is 7.65.